The lowest BCUT2D eigenvalue weighted by Gasteiger charge is -2.32. The first-order valence-electron chi connectivity index (χ1n) is 12.0. The number of amides is 1. The lowest BCUT2D eigenvalue weighted by Crippen LogP contribution is -2.43. The minimum Gasteiger partial charge on any atom is -0.487 e. The predicted molar refractivity (Wildman–Crippen MR) is 138 cm³/mol. The molecule has 5 rings (SSSR count). The zero-order chi connectivity index (χ0) is 24.2. The summed E-state index contributed by atoms with van der Waals surface area (Å²) in [6.07, 6.45) is 4.02. The van der Waals surface area contributed by atoms with E-state index in [2.05, 4.69) is 46.2 Å². The van der Waals surface area contributed by atoms with Gasteiger partial charge in [0.05, 0.1) is 5.69 Å². The van der Waals surface area contributed by atoms with Crippen LogP contribution in [0.5, 0.6) is 5.75 Å². The van der Waals surface area contributed by atoms with E-state index < -0.39 is 0 Å². The summed E-state index contributed by atoms with van der Waals surface area (Å²) in [5.74, 6) is 0.563. The highest BCUT2D eigenvalue weighted by atomic mass is 16.5. The van der Waals surface area contributed by atoms with Gasteiger partial charge in [0.1, 0.15) is 18.0 Å². The van der Waals surface area contributed by atoms with Gasteiger partial charge < -0.3 is 19.4 Å². The standard InChI is InChI=1S/C28H31N5O2/c1-21-6-11-27-29-25(19-33(27)17-21)20-35-26-9-7-23(8-10-26)28(34)30-24-5-3-4-22(16-24)18-32-14-12-31(2)13-15-32/h3-11,16-17,19H,12-15,18,20H2,1-2H3,(H,30,34). The molecule has 7 heteroatoms. The zero-order valence-electron chi connectivity index (χ0n) is 20.3. The Morgan fingerprint density at radius 2 is 1.80 bits per heavy atom. The second kappa shape index (κ2) is 10.3. The maximum Gasteiger partial charge on any atom is 0.255 e. The number of benzene rings is 2. The normalized spacial score (nSPS) is 14.8. The van der Waals surface area contributed by atoms with E-state index in [-0.39, 0.29) is 5.91 Å². The summed E-state index contributed by atoms with van der Waals surface area (Å²) in [7, 11) is 2.16. The number of pyridine rings is 1. The molecule has 1 fully saturated rings. The van der Waals surface area contributed by atoms with Crippen LogP contribution < -0.4 is 10.1 Å². The molecule has 3 heterocycles. The first-order valence-corrected chi connectivity index (χ1v) is 12.0. The third-order valence-corrected chi connectivity index (χ3v) is 6.34. The molecular formula is C28H31N5O2. The van der Waals surface area contributed by atoms with Gasteiger partial charge in [-0.1, -0.05) is 18.2 Å². The van der Waals surface area contributed by atoms with Crippen molar-refractivity contribution in [1.82, 2.24) is 19.2 Å². The molecule has 0 atom stereocenters. The number of nitrogens with one attached hydrogen (secondary N) is 1. The molecule has 1 aliphatic heterocycles. The SMILES string of the molecule is Cc1ccc2nc(COc3ccc(C(=O)Nc4cccc(CN5CCN(C)CC5)c4)cc3)cn2c1. The van der Waals surface area contributed by atoms with Crippen molar-refractivity contribution < 1.29 is 9.53 Å². The lowest BCUT2D eigenvalue weighted by molar-refractivity contribution is 0.102. The van der Waals surface area contributed by atoms with Crippen LogP contribution in [-0.2, 0) is 13.2 Å². The van der Waals surface area contributed by atoms with Gasteiger partial charge >= 0.3 is 0 Å². The summed E-state index contributed by atoms with van der Waals surface area (Å²) < 4.78 is 7.89. The Morgan fingerprint density at radius 3 is 2.60 bits per heavy atom. The number of likely N-dealkylation sites (N-methyl/N-ethyl adjacent to an activating group) is 1. The summed E-state index contributed by atoms with van der Waals surface area (Å²) in [6, 6.07) is 19.3. The number of ether oxygens (including phenoxy) is 1. The summed E-state index contributed by atoms with van der Waals surface area (Å²) in [5.41, 5.74) is 5.54. The van der Waals surface area contributed by atoms with Crippen LogP contribution in [-0.4, -0.2) is 58.3 Å². The Morgan fingerprint density at radius 1 is 1.00 bits per heavy atom. The van der Waals surface area contributed by atoms with Gasteiger partial charge in [0, 0.05) is 56.4 Å². The van der Waals surface area contributed by atoms with E-state index in [1.54, 1.807) is 12.1 Å². The second-order valence-corrected chi connectivity index (χ2v) is 9.25. The van der Waals surface area contributed by atoms with Crippen molar-refractivity contribution in [2.75, 3.05) is 38.5 Å². The molecule has 7 nitrogen and oxygen atoms in total. The fraction of sp³-hybridized carbons (Fsp3) is 0.286. The van der Waals surface area contributed by atoms with E-state index in [1.165, 1.54) is 11.1 Å². The van der Waals surface area contributed by atoms with Gasteiger partial charge in [-0.2, -0.15) is 0 Å². The van der Waals surface area contributed by atoms with Crippen LogP contribution in [0.4, 0.5) is 5.69 Å². The van der Waals surface area contributed by atoms with Crippen molar-refractivity contribution in [3.05, 3.63) is 95.4 Å². The number of hydrogen-bond acceptors (Lipinski definition) is 5. The maximum absolute atomic E-state index is 12.8. The third-order valence-electron chi connectivity index (χ3n) is 6.34. The zero-order valence-corrected chi connectivity index (χ0v) is 20.3. The molecule has 0 bridgehead atoms. The molecule has 0 unspecified atom stereocenters. The van der Waals surface area contributed by atoms with E-state index in [9.17, 15) is 4.79 Å². The van der Waals surface area contributed by atoms with Gasteiger partial charge in [0.25, 0.3) is 5.91 Å². The molecule has 2 aromatic carbocycles. The number of anilines is 1. The number of nitrogens with zero attached hydrogens (tertiary/aromatic N) is 4. The fourth-order valence-corrected chi connectivity index (χ4v) is 4.30. The van der Waals surface area contributed by atoms with Crippen molar-refractivity contribution in [3.8, 4) is 5.75 Å². The highest BCUT2D eigenvalue weighted by Crippen LogP contribution is 2.18. The highest BCUT2D eigenvalue weighted by Gasteiger charge is 2.14. The van der Waals surface area contributed by atoms with Gasteiger partial charge in [-0.25, -0.2) is 4.98 Å². The average molecular weight is 470 g/mol. The van der Waals surface area contributed by atoms with Crippen LogP contribution in [0.1, 0.15) is 27.2 Å². The first kappa shape index (κ1) is 23.1. The van der Waals surface area contributed by atoms with Crippen LogP contribution in [0, 0.1) is 6.92 Å². The Hall–Kier alpha value is -3.68. The van der Waals surface area contributed by atoms with E-state index >= 15 is 0 Å². The van der Waals surface area contributed by atoms with Crippen LogP contribution >= 0.6 is 0 Å². The molecule has 4 aromatic rings. The Balaban J connectivity index is 1.16. The van der Waals surface area contributed by atoms with Crippen LogP contribution in [0.15, 0.2) is 73.1 Å². The molecule has 2 aromatic heterocycles. The van der Waals surface area contributed by atoms with Crippen molar-refractivity contribution in [3.63, 3.8) is 0 Å². The largest absolute Gasteiger partial charge is 0.487 e. The molecule has 0 saturated carbocycles. The molecule has 1 aliphatic rings. The quantitative estimate of drug-likeness (QED) is 0.439. The predicted octanol–water partition coefficient (Wildman–Crippen LogP) is 4.22. The third kappa shape index (κ3) is 5.88. The Kier molecular flexibility index (Phi) is 6.79. The van der Waals surface area contributed by atoms with Gasteiger partial charge in [0.2, 0.25) is 0 Å². The van der Waals surface area contributed by atoms with Crippen LogP contribution in [0.25, 0.3) is 5.65 Å². The summed E-state index contributed by atoms with van der Waals surface area (Å²) in [6.45, 7) is 7.64. The maximum atomic E-state index is 12.8. The van der Waals surface area contributed by atoms with E-state index in [0.29, 0.717) is 17.9 Å². The highest BCUT2D eigenvalue weighted by molar-refractivity contribution is 6.04. The van der Waals surface area contributed by atoms with Gasteiger partial charge in [-0.15, -0.1) is 0 Å². The number of fused-ring (bicyclic) bond motifs is 1. The topological polar surface area (TPSA) is 62.1 Å². The van der Waals surface area contributed by atoms with Crippen molar-refractivity contribution in [1.29, 1.82) is 0 Å². The number of piperazine rings is 1. The number of carbonyl (C=O) groups is 1. The van der Waals surface area contributed by atoms with Crippen LogP contribution in [0.3, 0.4) is 0 Å². The molecule has 1 saturated heterocycles. The molecule has 1 N–H and O–H groups in total. The Bertz CT molecular complexity index is 1310. The summed E-state index contributed by atoms with van der Waals surface area (Å²) >= 11 is 0. The molecule has 0 aliphatic carbocycles. The summed E-state index contributed by atoms with van der Waals surface area (Å²) in [5, 5.41) is 3.02. The molecule has 1 amide bonds. The number of aryl methyl sites for hydroxylation is 1. The van der Waals surface area contributed by atoms with E-state index in [1.807, 2.05) is 53.2 Å². The Labute approximate surface area is 206 Å². The molecule has 0 radical (unpaired) electrons. The number of hydrogen-bond donors (Lipinski definition) is 1. The first-order chi connectivity index (χ1) is 17.0. The number of aromatic nitrogens is 2. The van der Waals surface area contributed by atoms with Crippen molar-refractivity contribution in [2.24, 2.45) is 0 Å². The number of imidazole rings is 1. The van der Waals surface area contributed by atoms with E-state index in [4.69, 9.17) is 4.74 Å². The fourth-order valence-electron chi connectivity index (χ4n) is 4.30. The number of rotatable bonds is 7. The minimum absolute atomic E-state index is 0.135. The monoisotopic (exact) mass is 469 g/mol. The van der Waals surface area contributed by atoms with Crippen molar-refractivity contribution in [2.45, 2.75) is 20.1 Å². The minimum atomic E-state index is -0.135. The van der Waals surface area contributed by atoms with Crippen molar-refractivity contribution >= 4 is 17.2 Å². The second-order valence-electron chi connectivity index (χ2n) is 9.25. The molecular weight excluding hydrogens is 438 g/mol. The van der Waals surface area contributed by atoms with Gasteiger partial charge in [-0.3, -0.25) is 9.69 Å². The smallest absolute Gasteiger partial charge is 0.255 e. The summed E-state index contributed by atoms with van der Waals surface area (Å²) in [4.78, 5) is 22.2. The molecule has 0 spiro atoms. The average Bonchev–Trinajstić information content (AvgIpc) is 3.27. The lowest BCUT2D eigenvalue weighted by atomic mass is 10.1. The van der Waals surface area contributed by atoms with Gasteiger partial charge in [-0.05, 0) is 67.6 Å². The van der Waals surface area contributed by atoms with E-state index in [0.717, 1.165) is 49.8 Å². The van der Waals surface area contributed by atoms with Gasteiger partial charge in [0.15, 0.2) is 0 Å². The number of carbonyl (C=O) groups excluding carboxylic acids is 1. The molecule has 180 valence electrons. The van der Waals surface area contributed by atoms with Crippen LogP contribution in [0.2, 0.25) is 0 Å². The molecule has 35 heavy (non-hydrogen) atoms.